The summed E-state index contributed by atoms with van der Waals surface area (Å²) < 4.78 is 3.50. The van der Waals surface area contributed by atoms with Gasteiger partial charge < -0.3 is 14.8 Å². The Balaban J connectivity index is 1.60. The van der Waals surface area contributed by atoms with Gasteiger partial charge in [0.25, 0.3) is 5.91 Å². The zero-order valence-electron chi connectivity index (χ0n) is 13.2. The van der Waals surface area contributed by atoms with Crippen LogP contribution in [-0.2, 0) is 11.8 Å². The standard InChI is InChI=1S/C16H21N5O2/c1-19-16(21-10-4-5-11-21)13(12-18-19)15(23)17-7-6-14(22)20-8-2-3-9-20/h4-5,10-12H,2-3,6-9H2,1H3,(H,17,23). The number of nitrogens with zero attached hydrogens (tertiary/aromatic N) is 4. The van der Waals surface area contributed by atoms with Crippen molar-refractivity contribution in [3.63, 3.8) is 0 Å². The Labute approximate surface area is 134 Å². The summed E-state index contributed by atoms with van der Waals surface area (Å²) in [5.41, 5.74) is 0.498. The van der Waals surface area contributed by atoms with Crippen LogP contribution in [-0.4, -0.2) is 50.7 Å². The lowest BCUT2D eigenvalue weighted by atomic mass is 10.3. The number of carbonyl (C=O) groups is 2. The van der Waals surface area contributed by atoms with Gasteiger partial charge in [0.05, 0.1) is 6.20 Å². The van der Waals surface area contributed by atoms with Crippen LogP contribution >= 0.6 is 0 Å². The second-order valence-electron chi connectivity index (χ2n) is 5.69. The first kappa shape index (κ1) is 15.3. The monoisotopic (exact) mass is 315 g/mol. The van der Waals surface area contributed by atoms with Gasteiger partial charge in [0.1, 0.15) is 11.4 Å². The molecule has 2 aromatic rings. The quantitative estimate of drug-likeness (QED) is 0.893. The first-order valence-corrected chi connectivity index (χ1v) is 7.88. The summed E-state index contributed by atoms with van der Waals surface area (Å²) in [6.07, 6.45) is 7.77. The van der Waals surface area contributed by atoms with Gasteiger partial charge >= 0.3 is 0 Å². The van der Waals surface area contributed by atoms with E-state index in [1.165, 1.54) is 0 Å². The minimum Gasteiger partial charge on any atom is -0.351 e. The molecular weight excluding hydrogens is 294 g/mol. The molecule has 0 atom stereocenters. The topological polar surface area (TPSA) is 72.2 Å². The van der Waals surface area contributed by atoms with E-state index in [4.69, 9.17) is 0 Å². The van der Waals surface area contributed by atoms with Crippen LogP contribution in [0.2, 0.25) is 0 Å². The molecule has 1 N–H and O–H groups in total. The van der Waals surface area contributed by atoms with E-state index in [9.17, 15) is 9.59 Å². The number of hydrogen-bond acceptors (Lipinski definition) is 3. The number of aryl methyl sites for hydroxylation is 1. The van der Waals surface area contributed by atoms with Gasteiger partial charge in [-0.25, -0.2) is 0 Å². The number of carbonyl (C=O) groups excluding carboxylic acids is 2. The number of hydrogen-bond donors (Lipinski definition) is 1. The van der Waals surface area contributed by atoms with Crippen LogP contribution in [0.15, 0.2) is 30.7 Å². The van der Waals surface area contributed by atoms with Crippen LogP contribution in [0.1, 0.15) is 29.6 Å². The highest BCUT2D eigenvalue weighted by Gasteiger charge is 2.19. The number of amides is 2. The van der Waals surface area contributed by atoms with Gasteiger partial charge in [-0.2, -0.15) is 5.10 Å². The van der Waals surface area contributed by atoms with Crippen molar-refractivity contribution in [3.05, 3.63) is 36.3 Å². The van der Waals surface area contributed by atoms with Gasteiger partial charge in [0.2, 0.25) is 5.91 Å². The molecule has 1 fully saturated rings. The van der Waals surface area contributed by atoms with Crippen LogP contribution < -0.4 is 5.32 Å². The summed E-state index contributed by atoms with van der Waals surface area (Å²) in [7, 11) is 1.79. The van der Waals surface area contributed by atoms with Gasteiger partial charge in [-0.1, -0.05) is 0 Å². The Kier molecular flexibility index (Phi) is 4.45. The molecule has 0 bridgehead atoms. The molecule has 0 aromatic carbocycles. The summed E-state index contributed by atoms with van der Waals surface area (Å²) in [6, 6.07) is 3.78. The smallest absolute Gasteiger partial charge is 0.256 e. The van der Waals surface area contributed by atoms with Gasteiger partial charge in [0, 0.05) is 45.5 Å². The summed E-state index contributed by atoms with van der Waals surface area (Å²) in [5.74, 6) is 0.606. The predicted octanol–water partition coefficient (Wildman–Crippen LogP) is 0.953. The van der Waals surface area contributed by atoms with Crippen molar-refractivity contribution in [1.29, 1.82) is 0 Å². The SMILES string of the molecule is Cn1ncc(C(=O)NCCC(=O)N2CCCC2)c1-n1cccc1. The Morgan fingerprint density at radius 1 is 1.22 bits per heavy atom. The Hall–Kier alpha value is -2.57. The van der Waals surface area contributed by atoms with E-state index in [2.05, 4.69) is 10.4 Å². The van der Waals surface area contributed by atoms with Crippen molar-refractivity contribution in [1.82, 2.24) is 24.6 Å². The minimum atomic E-state index is -0.212. The number of aromatic nitrogens is 3. The van der Waals surface area contributed by atoms with E-state index in [-0.39, 0.29) is 11.8 Å². The minimum absolute atomic E-state index is 0.111. The Morgan fingerprint density at radius 3 is 2.61 bits per heavy atom. The highest BCUT2D eigenvalue weighted by Crippen LogP contribution is 2.14. The fourth-order valence-electron chi connectivity index (χ4n) is 2.88. The van der Waals surface area contributed by atoms with Crippen LogP contribution in [0.4, 0.5) is 0 Å². The lowest BCUT2D eigenvalue weighted by Gasteiger charge is -2.15. The van der Waals surface area contributed by atoms with Crippen molar-refractivity contribution in [2.75, 3.05) is 19.6 Å². The van der Waals surface area contributed by atoms with Gasteiger partial charge in [0.15, 0.2) is 0 Å². The number of rotatable bonds is 5. The first-order chi connectivity index (χ1) is 11.2. The van der Waals surface area contributed by atoms with Crippen molar-refractivity contribution in [3.8, 4) is 5.82 Å². The third-order valence-corrected chi connectivity index (χ3v) is 4.08. The first-order valence-electron chi connectivity index (χ1n) is 7.88. The Morgan fingerprint density at radius 2 is 1.91 bits per heavy atom. The molecule has 3 rings (SSSR count). The van der Waals surface area contributed by atoms with Crippen LogP contribution in [0.3, 0.4) is 0 Å². The van der Waals surface area contributed by atoms with Crippen molar-refractivity contribution in [2.24, 2.45) is 7.05 Å². The molecule has 122 valence electrons. The molecule has 1 saturated heterocycles. The number of nitrogens with one attached hydrogen (secondary N) is 1. The van der Waals surface area contributed by atoms with E-state index in [0.29, 0.717) is 24.3 Å². The van der Waals surface area contributed by atoms with Crippen molar-refractivity contribution < 1.29 is 9.59 Å². The molecule has 3 heterocycles. The molecule has 0 aliphatic carbocycles. The average Bonchev–Trinajstić information content (AvgIpc) is 3.28. The van der Waals surface area contributed by atoms with Crippen LogP contribution in [0.25, 0.3) is 5.82 Å². The molecular formula is C16H21N5O2. The molecule has 1 aliphatic rings. The van der Waals surface area contributed by atoms with E-state index >= 15 is 0 Å². The highest BCUT2D eigenvalue weighted by molar-refractivity contribution is 5.97. The molecule has 0 saturated carbocycles. The van der Waals surface area contributed by atoms with Gasteiger partial charge in [-0.3, -0.25) is 14.3 Å². The zero-order valence-corrected chi connectivity index (χ0v) is 13.2. The van der Waals surface area contributed by atoms with Gasteiger partial charge in [-0.15, -0.1) is 0 Å². The maximum Gasteiger partial charge on any atom is 0.256 e. The lowest BCUT2D eigenvalue weighted by molar-refractivity contribution is -0.129. The lowest BCUT2D eigenvalue weighted by Crippen LogP contribution is -2.32. The summed E-state index contributed by atoms with van der Waals surface area (Å²) >= 11 is 0. The van der Waals surface area contributed by atoms with Crippen LogP contribution in [0, 0.1) is 0 Å². The fraction of sp³-hybridized carbons (Fsp3) is 0.438. The fourth-order valence-corrected chi connectivity index (χ4v) is 2.88. The van der Waals surface area contributed by atoms with E-state index in [1.54, 1.807) is 17.9 Å². The molecule has 0 radical (unpaired) electrons. The maximum atomic E-state index is 12.4. The average molecular weight is 315 g/mol. The predicted molar refractivity (Wildman–Crippen MR) is 85.3 cm³/mol. The van der Waals surface area contributed by atoms with E-state index in [1.807, 2.05) is 34.0 Å². The number of likely N-dealkylation sites (tertiary alicyclic amines) is 1. The normalized spacial score (nSPS) is 14.2. The summed E-state index contributed by atoms with van der Waals surface area (Å²) in [6.45, 7) is 2.02. The van der Waals surface area contributed by atoms with Crippen LogP contribution in [0.5, 0.6) is 0 Å². The second-order valence-corrected chi connectivity index (χ2v) is 5.69. The highest BCUT2D eigenvalue weighted by atomic mass is 16.2. The molecule has 1 aliphatic heterocycles. The maximum absolute atomic E-state index is 12.4. The summed E-state index contributed by atoms with van der Waals surface area (Å²) in [5, 5.41) is 6.98. The third kappa shape index (κ3) is 3.28. The molecule has 23 heavy (non-hydrogen) atoms. The molecule has 7 nitrogen and oxygen atoms in total. The van der Waals surface area contributed by atoms with Crippen molar-refractivity contribution >= 4 is 11.8 Å². The van der Waals surface area contributed by atoms with E-state index in [0.717, 1.165) is 25.9 Å². The summed E-state index contributed by atoms with van der Waals surface area (Å²) in [4.78, 5) is 26.2. The van der Waals surface area contributed by atoms with Gasteiger partial charge in [-0.05, 0) is 25.0 Å². The molecule has 2 amide bonds. The van der Waals surface area contributed by atoms with Crippen molar-refractivity contribution in [2.45, 2.75) is 19.3 Å². The van der Waals surface area contributed by atoms with E-state index < -0.39 is 0 Å². The Bertz CT molecular complexity index is 683. The molecule has 0 unspecified atom stereocenters. The third-order valence-electron chi connectivity index (χ3n) is 4.08. The molecule has 0 spiro atoms. The largest absolute Gasteiger partial charge is 0.351 e. The molecule has 7 heteroatoms. The zero-order chi connectivity index (χ0) is 16.2. The molecule has 2 aromatic heterocycles. The second kappa shape index (κ2) is 6.68.